The third kappa shape index (κ3) is 3.50. The van der Waals surface area contributed by atoms with Gasteiger partial charge in [0, 0.05) is 24.7 Å². The highest BCUT2D eigenvalue weighted by molar-refractivity contribution is 6.22. The first kappa shape index (κ1) is 23.2. The average molecular weight is 513 g/mol. The van der Waals surface area contributed by atoms with Gasteiger partial charge in [-0.3, -0.25) is 19.2 Å². The first-order valence-corrected chi connectivity index (χ1v) is 13.4. The van der Waals surface area contributed by atoms with Crippen LogP contribution in [-0.2, 0) is 19.2 Å². The zero-order valence-corrected chi connectivity index (χ0v) is 21.0. The van der Waals surface area contributed by atoms with E-state index in [-0.39, 0.29) is 60.1 Å². The number of carbonyl (C=O) groups is 4. The molecule has 2 aliphatic heterocycles. The van der Waals surface area contributed by atoms with Gasteiger partial charge < -0.3 is 14.4 Å². The van der Waals surface area contributed by atoms with Crippen molar-refractivity contribution in [3.63, 3.8) is 0 Å². The molecule has 0 spiro atoms. The van der Waals surface area contributed by atoms with Crippen molar-refractivity contribution in [1.29, 1.82) is 0 Å². The minimum atomic E-state index is -0.621. The Kier molecular flexibility index (Phi) is 5.22. The number of imide groups is 1. The molecule has 4 fully saturated rings. The van der Waals surface area contributed by atoms with E-state index in [4.69, 9.17) is 9.47 Å². The van der Waals surface area contributed by atoms with Crippen molar-refractivity contribution >= 4 is 35.1 Å². The summed E-state index contributed by atoms with van der Waals surface area (Å²) in [7, 11) is 0. The molecule has 4 aliphatic carbocycles. The zero-order valence-electron chi connectivity index (χ0n) is 21.0. The van der Waals surface area contributed by atoms with Crippen LogP contribution in [-0.4, -0.2) is 36.8 Å². The molecule has 8 rings (SSSR count). The van der Waals surface area contributed by atoms with Crippen LogP contribution < -0.4 is 19.3 Å². The molecule has 6 aliphatic rings. The molecule has 7 atom stereocenters. The second-order valence-electron chi connectivity index (χ2n) is 10.9. The molecule has 2 saturated heterocycles. The summed E-state index contributed by atoms with van der Waals surface area (Å²) in [5.41, 5.74) is 1.12. The molecular formula is C30H28N2O6. The summed E-state index contributed by atoms with van der Waals surface area (Å²) in [4.78, 5) is 55.4. The number of ether oxygens (including phenoxy) is 2. The minimum absolute atomic E-state index is 0.0519. The van der Waals surface area contributed by atoms with Crippen LogP contribution in [0.5, 0.6) is 11.5 Å². The predicted octanol–water partition coefficient (Wildman–Crippen LogP) is 3.60. The molecule has 2 heterocycles. The van der Waals surface area contributed by atoms with Gasteiger partial charge in [0.25, 0.3) is 0 Å². The van der Waals surface area contributed by atoms with Gasteiger partial charge >= 0.3 is 5.97 Å². The number of benzene rings is 2. The van der Waals surface area contributed by atoms with Gasteiger partial charge in [0.1, 0.15) is 11.5 Å². The van der Waals surface area contributed by atoms with E-state index in [1.807, 2.05) is 6.92 Å². The Balaban J connectivity index is 1.05. The van der Waals surface area contributed by atoms with Crippen LogP contribution in [0.4, 0.5) is 11.4 Å². The lowest BCUT2D eigenvalue weighted by Crippen LogP contribution is -2.40. The van der Waals surface area contributed by atoms with Crippen molar-refractivity contribution in [3.05, 3.63) is 60.7 Å². The molecule has 0 N–H and O–H groups in total. The van der Waals surface area contributed by atoms with E-state index in [9.17, 15) is 19.2 Å². The number of hydrogen-bond acceptors (Lipinski definition) is 6. The number of anilines is 2. The fourth-order valence-electron chi connectivity index (χ4n) is 7.10. The summed E-state index contributed by atoms with van der Waals surface area (Å²) in [5.74, 6) is 0.166. The second-order valence-corrected chi connectivity index (χ2v) is 10.9. The number of rotatable bonds is 6. The van der Waals surface area contributed by atoms with Crippen molar-refractivity contribution < 1.29 is 28.7 Å². The largest absolute Gasteiger partial charge is 0.494 e. The summed E-state index contributed by atoms with van der Waals surface area (Å²) >= 11 is 0. The summed E-state index contributed by atoms with van der Waals surface area (Å²) in [6.07, 6.45) is 5.45. The monoisotopic (exact) mass is 512 g/mol. The molecular weight excluding hydrogens is 484 g/mol. The number of carbonyl (C=O) groups excluding carboxylic acids is 4. The Bertz CT molecular complexity index is 1350. The summed E-state index contributed by atoms with van der Waals surface area (Å²) in [6, 6.07) is 13.8. The molecule has 0 radical (unpaired) electrons. The molecule has 0 unspecified atom stereocenters. The first-order chi connectivity index (χ1) is 18.4. The number of nitrogens with zero attached hydrogens (tertiary/aromatic N) is 2. The summed E-state index contributed by atoms with van der Waals surface area (Å²) in [5, 5.41) is 0. The number of amides is 3. The van der Waals surface area contributed by atoms with Crippen molar-refractivity contribution in [1.82, 2.24) is 0 Å². The quantitative estimate of drug-likeness (QED) is 0.254. The molecule has 2 aromatic rings. The Labute approximate surface area is 220 Å². The fourth-order valence-corrected chi connectivity index (χ4v) is 7.10. The van der Waals surface area contributed by atoms with E-state index in [1.165, 1.54) is 4.90 Å². The third-order valence-corrected chi connectivity index (χ3v) is 8.87. The highest BCUT2D eigenvalue weighted by atomic mass is 16.5. The van der Waals surface area contributed by atoms with E-state index in [0.717, 1.165) is 6.42 Å². The van der Waals surface area contributed by atoms with Crippen LogP contribution >= 0.6 is 0 Å². The highest BCUT2D eigenvalue weighted by Crippen LogP contribution is 2.65. The minimum Gasteiger partial charge on any atom is -0.494 e. The maximum atomic E-state index is 13.4. The number of allylic oxidation sites excluding steroid dienone is 2. The Morgan fingerprint density at radius 2 is 1.58 bits per heavy atom. The van der Waals surface area contributed by atoms with Crippen LogP contribution in [0.2, 0.25) is 0 Å². The van der Waals surface area contributed by atoms with Crippen molar-refractivity contribution in [2.24, 2.45) is 41.4 Å². The van der Waals surface area contributed by atoms with E-state index in [0.29, 0.717) is 35.6 Å². The van der Waals surface area contributed by atoms with Gasteiger partial charge in [0.05, 0.1) is 30.0 Å². The fraction of sp³-hybridized carbons (Fsp3) is 0.400. The summed E-state index contributed by atoms with van der Waals surface area (Å²) in [6.45, 7) is 2.67. The normalized spacial score (nSPS) is 32.4. The smallest absolute Gasteiger partial charge is 0.316 e. The van der Waals surface area contributed by atoms with Crippen LogP contribution in [0.25, 0.3) is 0 Å². The van der Waals surface area contributed by atoms with Crippen molar-refractivity contribution in [3.8, 4) is 11.5 Å². The second kappa shape index (κ2) is 8.55. The highest BCUT2D eigenvalue weighted by Gasteiger charge is 2.67. The predicted molar refractivity (Wildman–Crippen MR) is 137 cm³/mol. The number of esters is 1. The van der Waals surface area contributed by atoms with Crippen molar-refractivity contribution in [2.75, 3.05) is 23.0 Å². The lowest BCUT2D eigenvalue weighted by atomic mass is 9.63. The zero-order chi connectivity index (χ0) is 26.1. The van der Waals surface area contributed by atoms with Crippen LogP contribution in [0.15, 0.2) is 60.7 Å². The van der Waals surface area contributed by atoms with Gasteiger partial charge in [-0.05, 0) is 73.4 Å². The molecule has 3 amide bonds. The molecule has 194 valence electrons. The molecule has 8 heteroatoms. The van der Waals surface area contributed by atoms with E-state index in [1.54, 1.807) is 53.4 Å². The van der Waals surface area contributed by atoms with Gasteiger partial charge in [-0.1, -0.05) is 18.2 Å². The van der Waals surface area contributed by atoms with Crippen LogP contribution in [0.1, 0.15) is 19.8 Å². The third-order valence-electron chi connectivity index (χ3n) is 8.87. The van der Waals surface area contributed by atoms with Gasteiger partial charge in [-0.2, -0.15) is 0 Å². The Morgan fingerprint density at radius 3 is 2.24 bits per heavy atom. The maximum absolute atomic E-state index is 13.4. The van der Waals surface area contributed by atoms with E-state index < -0.39 is 11.9 Å². The molecule has 2 bridgehead atoms. The van der Waals surface area contributed by atoms with E-state index >= 15 is 0 Å². The number of hydrogen-bond donors (Lipinski definition) is 0. The Hall–Kier alpha value is -3.94. The molecule has 38 heavy (non-hydrogen) atoms. The molecule has 2 aromatic carbocycles. The summed E-state index contributed by atoms with van der Waals surface area (Å²) < 4.78 is 11.1. The molecule has 2 saturated carbocycles. The van der Waals surface area contributed by atoms with Gasteiger partial charge in [0.15, 0.2) is 0 Å². The first-order valence-electron chi connectivity index (χ1n) is 13.4. The van der Waals surface area contributed by atoms with Crippen LogP contribution in [0, 0.1) is 41.4 Å². The van der Waals surface area contributed by atoms with Crippen molar-refractivity contribution in [2.45, 2.75) is 19.8 Å². The van der Waals surface area contributed by atoms with Gasteiger partial charge in [0.2, 0.25) is 17.7 Å². The maximum Gasteiger partial charge on any atom is 0.316 e. The van der Waals surface area contributed by atoms with E-state index in [2.05, 4.69) is 12.2 Å². The lowest BCUT2D eigenvalue weighted by Gasteiger charge is -2.37. The molecule has 0 aromatic heterocycles. The van der Waals surface area contributed by atoms with Crippen LogP contribution in [0.3, 0.4) is 0 Å². The SMILES string of the molecule is CCOc1ccc(N2C[C@H](C(=O)Oc3cccc(N4C(=O)[C@H]5[C@@H]6C=C[C@H]([C@@H]7C[C@H]67)[C@@H]5C4=O)c3)CC2=O)cc1. The standard InChI is InChI=1S/C30H28N2O6/c1-2-37-19-8-6-17(7-9-19)31-15-16(12-25(31)33)30(36)38-20-5-3-4-18(13-20)32-28(34)26-21-10-11-22(24-14-23(21)24)27(26)29(32)35/h3-11,13,16,21-24,26-27H,2,12,14-15H2,1H3/t16-,21-,22-,23-,24+,26+,27+/m1/s1. The Morgan fingerprint density at radius 1 is 0.895 bits per heavy atom. The molecule has 8 nitrogen and oxygen atoms in total. The topological polar surface area (TPSA) is 93.2 Å². The van der Waals surface area contributed by atoms with Gasteiger partial charge in [-0.25, -0.2) is 4.90 Å². The lowest BCUT2D eigenvalue weighted by molar-refractivity contribution is -0.139. The van der Waals surface area contributed by atoms with Gasteiger partial charge in [-0.15, -0.1) is 0 Å². The average Bonchev–Trinajstić information content (AvgIpc) is 3.60.